The fraction of sp³-hybridized carbons (Fsp3) is 0.0714. The quantitative estimate of drug-likeness (QED) is 0.834. The van der Waals surface area contributed by atoms with Crippen LogP contribution in [-0.2, 0) is 0 Å². The lowest BCUT2D eigenvalue weighted by Gasteiger charge is -2.08. The zero-order valence-electron chi connectivity index (χ0n) is 10.0. The van der Waals surface area contributed by atoms with Crippen LogP contribution in [0.2, 0.25) is 5.02 Å². The molecule has 0 atom stereocenters. The first-order valence-corrected chi connectivity index (χ1v) is 6.67. The van der Waals surface area contributed by atoms with Gasteiger partial charge in [-0.1, -0.05) is 17.7 Å². The van der Waals surface area contributed by atoms with E-state index in [-0.39, 0.29) is 5.91 Å². The molecule has 2 aromatic carbocycles. The van der Waals surface area contributed by atoms with Crippen LogP contribution in [0.3, 0.4) is 0 Å². The fourth-order valence-electron chi connectivity index (χ4n) is 1.69. The van der Waals surface area contributed by atoms with Gasteiger partial charge in [-0.25, -0.2) is 4.39 Å². The second-order valence-corrected chi connectivity index (χ2v) is 5.31. The number of hydrogen-bond donors (Lipinski definition) is 1. The molecule has 19 heavy (non-hydrogen) atoms. The number of benzene rings is 2. The third kappa shape index (κ3) is 3.33. The summed E-state index contributed by atoms with van der Waals surface area (Å²) < 4.78 is 13.9. The molecule has 0 spiro atoms. The van der Waals surface area contributed by atoms with Crippen LogP contribution < -0.4 is 5.32 Å². The third-order valence-corrected chi connectivity index (χ3v) is 3.79. The van der Waals surface area contributed by atoms with Crippen LogP contribution in [0.4, 0.5) is 10.1 Å². The first kappa shape index (κ1) is 14.0. The summed E-state index contributed by atoms with van der Waals surface area (Å²) in [5, 5.41) is 2.95. The molecule has 0 aromatic heterocycles. The van der Waals surface area contributed by atoms with E-state index in [4.69, 9.17) is 11.6 Å². The molecule has 0 saturated carbocycles. The average Bonchev–Trinajstić information content (AvgIpc) is 2.31. The first-order chi connectivity index (χ1) is 8.97. The molecule has 0 aliphatic rings. The topological polar surface area (TPSA) is 29.1 Å². The summed E-state index contributed by atoms with van der Waals surface area (Å²) in [6, 6.07) is 9.40. The number of halogens is 3. The van der Waals surface area contributed by atoms with Gasteiger partial charge in [0.2, 0.25) is 0 Å². The third-order valence-electron chi connectivity index (χ3n) is 2.50. The van der Waals surface area contributed by atoms with Gasteiger partial charge in [-0.2, -0.15) is 0 Å². The lowest BCUT2D eigenvalue weighted by molar-refractivity contribution is 0.102. The molecule has 0 saturated heterocycles. The minimum absolute atomic E-state index is 0.327. The molecular weight excluding hydrogens is 333 g/mol. The van der Waals surface area contributed by atoms with Crippen LogP contribution in [-0.4, -0.2) is 5.91 Å². The number of amides is 1. The summed E-state index contributed by atoms with van der Waals surface area (Å²) in [6.07, 6.45) is 0. The van der Waals surface area contributed by atoms with Crippen molar-refractivity contribution in [3.63, 3.8) is 0 Å². The van der Waals surface area contributed by atoms with Crippen molar-refractivity contribution in [3.05, 3.63) is 62.8 Å². The Labute approximate surface area is 123 Å². The second-order valence-electron chi connectivity index (χ2n) is 4.07. The number of carbonyl (C=O) groups excluding carboxylic acids is 1. The Hall–Kier alpha value is -1.39. The van der Waals surface area contributed by atoms with E-state index in [9.17, 15) is 9.18 Å². The maximum Gasteiger partial charge on any atom is 0.257 e. The number of anilines is 1. The Morgan fingerprint density at radius 3 is 2.74 bits per heavy atom. The molecular formula is C14H10BrClFNO. The van der Waals surface area contributed by atoms with Gasteiger partial charge in [-0.3, -0.25) is 4.79 Å². The molecule has 1 amide bonds. The Kier molecular flexibility index (Phi) is 4.22. The van der Waals surface area contributed by atoms with E-state index in [0.29, 0.717) is 20.7 Å². The molecule has 2 rings (SSSR count). The highest BCUT2D eigenvalue weighted by Crippen LogP contribution is 2.26. The van der Waals surface area contributed by atoms with Crippen molar-refractivity contribution in [2.45, 2.75) is 6.92 Å². The van der Waals surface area contributed by atoms with Crippen molar-refractivity contribution in [2.75, 3.05) is 5.32 Å². The normalized spacial score (nSPS) is 10.3. The van der Waals surface area contributed by atoms with Gasteiger partial charge in [0.25, 0.3) is 5.91 Å². The van der Waals surface area contributed by atoms with E-state index >= 15 is 0 Å². The summed E-state index contributed by atoms with van der Waals surface area (Å²) in [4.78, 5) is 12.1. The van der Waals surface area contributed by atoms with E-state index in [1.54, 1.807) is 31.2 Å². The molecule has 2 aromatic rings. The van der Waals surface area contributed by atoms with E-state index in [1.165, 1.54) is 12.1 Å². The predicted molar refractivity (Wildman–Crippen MR) is 78.2 cm³/mol. The van der Waals surface area contributed by atoms with Gasteiger partial charge in [0.15, 0.2) is 0 Å². The summed E-state index contributed by atoms with van der Waals surface area (Å²) in [5.41, 5.74) is 1.46. The van der Waals surface area contributed by atoms with Crippen LogP contribution in [0.5, 0.6) is 0 Å². The molecule has 0 radical (unpaired) electrons. The van der Waals surface area contributed by atoms with E-state index < -0.39 is 5.82 Å². The van der Waals surface area contributed by atoms with Crippen LogP contribution in [0, 0.1) is 12.7 Å². The zero-order valence-corrected chi connectivity index (χ0v) is 12.3. The number of hydrogen-bond acceptors (Lipinski definition) is 1. The molecule has 2 nitrogen and oxygen atoms in total. The Balaban J connectivity index is 2.28. The van der Waals surface area contributed by atoms with Gasteiger partial charge in [-0.05, 0) is 58.7 Å². The molecule has 0 aliphatic heterocycles. The minimum atomic E-state index is -0.393. The van der Waals surface area contributed by atoms with E-state index in [2.05, 4.69) is 21.2 Å². The largest absolute Gasteiger partial charge is 0.322 e. The highest BCUT2D eigenvalue weighted by Gasteiger charge is 2.12. The van der Waals surface area contributed by atoms with Gasteiger partial charge in [0.1, 0.15) is 5.82 Å². The summed E-state index contributed by atoms with van der Waals surface area (Å²) in [5.74, 6) is -0.771. The number of aryl methyl sites for hydroxylation is 1. The van der Waals surface area contributed by atoms with Crippen molar-refractivity contribution < 1.29 is 9.18 Å². The maximum atomic E-state index is 13.2. The van der Waals surface area contributed by atoms with Crippen LogP contribution in [0.1, 0.15) is 15.9 Å². The first-order valence-electron chi connectivity index (χ1n) is 5.50. The zero-order chi connectivity index (χ0) is 14.0. The number of rotatable bonds is 2. The Morgan fingerprint density at radius 2 is 2.05 bits per heavy atom. The molecule has 0 aliphatic carbocycles. The van der Waals surface area contributed by atoms with Gasteiger partial charge >= 0.3 is 0 Å². The summed E-state index contributed by atoms with van der Waals surface area (Å²) >= 11 is 9.29. The average molecular weight is 343 g/mol. The van der Waals surface area contributed by atoms with Gasteiger partial charge < -0.3 is 5.32 Å². The molecule has 0 bridgehead atoms. The molecule has 1 N–H and O–H groups in total. The molecule has 0 heterocycles. The minimum Gasteiger partial charge on any atom is -0.322 e. The Morgan fingerprint density at radius 1 is 1.32 bits per heavy atom. The molecule has 0 fully saturated rings. The van der Waals surface area contributed by atoms with Gasteiger partial charge in [0, 0.05) is 10.2 Å². The highest BCUT2D eigenvalue weighted by molar-refractivity contribution is 9.10. The Bertz CT molecular complexity index is 625. The second kappa shape index (κ2) is 5.72. The smallest absolute Gasteiger partial charge is 0.257 e. The van der Waals surface area contributed by atoms with E-state index in [0.717, 1.165) is 5.56 Å². The predicted octanol–water partition coefficient (Wildman–Crippen LogP) is 4.80. The number of carbonyl (C=O) groups is 1. The van der Waals surface area contributed by atoms with Gasteiger partial charge in [0.05, 0.1) is 10.6 Å². The molecule has 98 valence electrons. The SMILES string of the molecule is Cc1cc(F)cc(NC(=O)c2cccc(Br)c2Cl)c1. The lowest BCUT2D eigenvalue weighted by atomic mass is 10.2. The van der Waals surface area contributed by atoms with E-state index in [1.807, 2.05) is 0 Å². The standard InChI is InChI=1S/C14H10BrClFNO/c1-8-5-9(17)7-10(6-8)18-14(19)11-3-2-4-12(15)13(11)16/h2-7H,1H3,(H,18,19). The van der Waals surface area contributed by atoms with Crippen molar-refractivity contribution in [1.29, 1.82) is 0 Å². The van der Waals surface area contributed by atoms with Gasteiger partial charge in [-0.15, -0.1) is 0 Å². The maximum absolute atomic E-state index is 13.2. The summed E-state index contributed by atoms with van der Waals surface area (Å²) in [7, 11) is 0. The number of nitrogens with one attached hydrogen (secondary N) is 1. The van der Waals surface area contributed by atoms with Crippen LogP contribution >= 0.6 is 27.5 Å². The fourth-order valence-corrected chi connectivity index (χ4v) is 2.26. The molecule has 5 heteroatoms. The van der Waals surface area contributed by atoms with Crippen molar-refractivity contribution in [1.82, 2.24) is 0 Å². The monoisotopic (exact) mass is 341 g/mol. The summed E-state index contributed by atoms with van der Waals surface area (Å²) in [6.45, 7) is 1.75. The molecule has 0 unspecified atom stereocenters. The van der Waals surface area contributed by atoms with Crippen molar-refractivity contribution in [3.8, 4) is 0 Å². The van der Waals surface area contributed by atoms with Crippen LogP contribution in [0.15, 0.2) is 40.9 Å². The van der Waals surface area contributed by atoms with Crippen molar-refractivity contribution >= 4 is 39.1 Å². The van der Waals surface area contributed by atoms with Crippen LogP contribution in [0.25, 0.3) is 0 Å². The highest BCUT2D eigenvalue weighted by atomic mass is 79.9. The van der Waals surface area contributed by atoms with Crippen molar-refractivity contribution in [2.24, 2.45) is 0 Å². The lowest BCUT2D eigenvalue weighted by Crippen LogP contribution is -2.12.